The highest BCUT2D eigenvalue weighted by Crippen LogP contribution is 2.19. The molecule has 1 amide bonds. The molecular weight excluding hydrogens is 254 g/mol. The number of amides is 1. The molecule has 1 fully saturated rings. The van der Waals surface area contributed by atoms with Crippen LogP contribution in [-0.2, 0) is 16.0 Å². The van der Waals surface area contributed by atoms with Crippen LogP contribution in [0.2, 0.25) is 0 Å². The number of carbonyl (C=O) groups excluding carboxylic acids is 1. The highest BCUT2D eigenvalue weighted by atomic mass is 16.5. The Labute approximate surface area is 117 Å². The molecule has 2 N–H and O–H groups in total. The first-order chi connectivity index (χ1) is 9.74. The Balaban J connectivity index is 1.53. The molecule has 0 saturated carbocycles. The minimum Gasteiger partial charge on any atom is -0.368 e. The molecule has 1 aromatic heterocycles. The Bertz CT molecular complexity index is 575. The Morgan fingerprint density at radius 2 is 2.35 bits per heavy atom. The highest BCUT2D eigenvalue weighted by molar-refractivity contribution is 5.81. The molecule has 1 aliphatic heterocycles. The van der Waals surface area contributed by atoms with E-state index < -0.39 is 0 Å². The Kier molecular flexibility index (Phi) is 3.69. The van der Waals surface area contributed by atoms with E-state index in [1.165, 1.54) is 0 Å². The minimum absolute atomic E-state index is 0.00823. The second kappa shape index (κ2) is 5.63. The van der Waals surface area contributed by atoms with E-state index >= 15 is 0 Å². The van der Waals surface area contributed by atoms with Crippen LogP contribution in [0.3, 0.4) is 0 Å². The van der Waals surface area contributed by atoms with Gasteiger partial charge in [0, 0.05) is 19.6 Å². The van der Waals surface area contributed by atoms with Gasteiger partial charge in [0.1, 0.15) is 11.9 Å². The molecule has 2 atom stereocenters. The number of H-pyrrole nitrogens is 1. The smallest absolute Gasteiger partial charge is 0.249 e. The van der Waals surface area contributed by atoms with Gasteiger partial charge in [0.2, 0.25) is 5.91 Å². The highest BCUT2D eigenvalue weighted by Gasteiger charge is 2.30. The standard InChI is InChI=1S/C15H19N3O2/c1-10-7-9-20-14(10)15(19)16-8-6-13-17-11-4-2-3-5-12(11)18-13/h2-5,10,14H,6-9H2,1H3,(H,16,19)(H,17,18). The maximum atomic E-state index is 12.0. The summed E-state index contributed by atoms with van der Waals surface area (Å²) >= 11 is 0. The number of nitrogens with zero attached hydrogens (tertiary/aromatic N) is 1. The number of benzene rings is 1. The molecule has 0 spiro atoms. The fourth-order valence-corrected chi connectivity index (χ4v) is 2.56. The lowest BCUT2D eigenvalue weighted by molar-refractivity contribution is -0.131. The van der Waals surface area contributed by atoms with Crippen LogP contribution in [0.4, 0.5) is 0 Å². The summed E-state index contributed by atoms with van der Waals surface area (Å²) < 4.78 is 5.44. The number of rotatable bonds is 4. The van der Waals surface area contributed by atoms with E-state index in [1.807, 2.05) is 24.3 Å². The van der Waals surface area contributed by atoms with Crippen molar-refractivity contribution in [1.82, 2.24) is 15.3 Å². The SMILES string of the molecule is CC1CCOC1C(=O)NCCc1nc2ccccc2[nH]1. The number of aromatic nitrogens is 2. The molecule has 1 saturated heterocycles. The second-order valence-electron chi connectivity index (χ2n) is 5.30. The predicted molar refractivity (Wildman–Crippen MR) is 76.3 cm³/mol. The van der Waals surface area contributed by atoms with Crippen molar-refractivity contribution in [2.75, 3.05) is 13.2 Å². The third-order valence-electron chi connectivity index (χ3n) is 3.75. The summed E-state index contributed by atoms with van der Waals surface area (Å²) in [6.07, 6.45) is 1.37. The molecule has 1 aromatic carbocycles. The van der Waals surface area contributed by atoms with Crippen LogP contribution in [0, 0.1) is 5.92 Å². The largest absolute Gasteiger partial charge is 0.368 e. The van der Waals surface area contributed by atoms with Crippen molar-refractivity contribution in [3.05, 3.63) is 30.1 Å². The van der Waals surface area contributed by atoms with Crippen molar-refractivity contribution in [2.24, 2.45) is 5.92 Å². The van der Waals surface area contributed by atoms with E-state index in [0.717, 1.165) is 23.3 Å². The topological polar surface area (TPSA) is 67.0 Å². The Morgan fingerprint density at radius 3 is 3.10 bits per heavy atom. The summed E-state index contributed by atoms with van der Waals surface area (Å²) in [6, 6.07) is 7.92. The zero-order chi connectivity index (χ0) is 13.9. The van der Waals surface area contributed by atoms with Crippen molar-refractivity contribution < 1.29 is 9.53 Å². The molecule has 2 unspecified atom stereocenters. The maximum absolute atomic E-state index is 12.0. The van der Waals surface area contributed by atoms with Gasteiger partial charge in [0.25, 0.3) is 0 Å². The first-order valence-corrected chi connectivity index (χ1v) is 7.07. The van der Waals surface area contributed by atoms with Gasteiger partial charge in [-0.05, 0) is 24.5 Å². The zero-order valence-corrected chi connectivity index (χ0v) is 11.6. The summed E-state index contributed by atoms with van der Waals surface area (Å²) in [4.78, 5) is 19.7. The van der Waals surface area contributed by atoms with Crippen LogP contribution in [0.1, 0.15) is 19.2 Å². The summed E-state index contributed by atoms with van der Waals surface area (Å²) in [5.74, 6) is 1.19. The molecule has 0 bridgehead atoms. The van der Waals surface area contributed by atoms with Crippen molar-refractivity contribution in [3.63, 3.8) is 0 Å². The predicted octanol–water partition coefficient (Wildman–Crippen LogP) is 1.65. The van der Waals surface area contributed by atoms with Gasteiger partial charge in [-0.25, -0.2) is 4.98 Å². The molecule has 106 valence electrons. The van der Waals surface area contributed by atoms with Gasteiger partial charge < -0.3 is 15.0 Å². The van der Waals surface area contributed by atoms with Crippen LogP contribution >= 0.6 is 0 Å². The number of fused-ring (bicyclic) bond motifs is 1. The van der Waals surface area contributed by atoms with E-state index in [2.05, 4.69) is 22.2 Å². The molecule has 0 radical (unpaired) electrons. The number of hydrogen-bond donors (Lipinski definition) is 2. The van der Waals surface area contributed by atoms with Crippen molar-refractivity contribution in [3.8, 4) is 0 Å². The van der Waals surface area contributed by atoms with Crippen molar-refractivity contribution in [1.29, 1.82) is 0 Å². The summed E-state index contributed by atoms with van der Waals surface area (Å²) in [6.45, 7) is 3.31. The van der Waals surface area contributed by atoms with Crippen molar-refractivity contribution in [2.45, 2.75) is 25.9 Å². The lowest BCUT2D eigenvalue weighted by Gasteiger charge is -2.13. The summed E-state index contributed by atoms with van der Waals surface area (Å²) in [5.41, 5.74) is 1.99. The van der Waals surface area contributed by atoms with Gasteiger partial charge >= 0.3 is 0 Å². The summed E-state index contributed by atoms with van der Waals surface area (Å²) in [5, 5.41) is 2.92. The second-order valence-corrected chi connectivity index (χ2v) is 5.30. The molecule has 2 aromatic rings. The van der Waals surface area contributed by atoms with E-state index in [9.17, 15) is 4.79 Å². The number of nitrogens with one attached hydrogen (secondary N) is 2. The molecule has 5 nitrogen and oxygen atoms in total. The van der Waals surface area contributed by atoms with Crippen LogP contribution < -0.4 is 5.32 Å². The lowest BCUT2D eigenvalue weighted by atomic mass is 10.0. The molecule has 0 aliphatic carbocycles. The van der Waals surface area contributed by atoms with E-state index in [-0.39, 0.29) is 12.0 Å². The van der Waals surface area contributed by atoms with Gasteiger partial charge in [-0.15, -0.1) is 0 Å². The van der Waals surface area contributed by atoms with E-state index in [0.29, 0.717) is 25.5 Å². The number of aromatic amines is 1. The first-order valence-electron chi connectivity index (χ1n) is 7.07. The summed E-state index contributed by atoms with van der Waals surface area (Å²) in [7, 11) is 0. The number of hydrogen-bond acceptors (Lipinski definition) is 3. The third-order valence-corrected chi connectivity index (χ3v) is 3.75. The number of ether oxygens (including phenoxy) is 1. The van der Waals surface area contributed by atoms with Crippen LogP contribution in [0.15, 0.2) is 24.3 Å². The third kappa shape index (κ3) is 2.67. The van der Waals surface area contributed by atoms with Crippen molar-refractivity contribution >= 4 is 16.9 Å². The van der Waals surface area contributed by atoms with Crippen LogP contribution in [0.5, 0.6) is 0 Å². The lowest BCUT2D eigenvalue weighted by Crippen LogP contribution is -2.38. The van der Waals surface area contributed by atoms with E-state index in [4.69, 9.17) is 4.74 Å². The minimum atomic E-state index is -0.286. The monoisotopic (exact) mass is 273 g/mol. The zero-order valence-electron chi connectivity index (χ0n) is 11.6. The fourth-order valence-electron chi connectivity index (χ4n) is 2.56. The van der Waals surface area contributed by atoms with Gasteiger partial charge in [0.15, 0.2) is 0 Å². The number of para-hydroxylation sites is 2. The number of carbonyl (C=O) groups is 1. The molecular formula is C15H19N3O2. The molecule has 20 heavy (non-hydrogen) atoms. The normalized spacial score (nSPS) is 22.2. The Hall–Kier alpha value is -1.88. The fraction of sp³-hybridized carbons (Fsp3) is 0.467. The van der Waals surface area contributed by atoms with Gasteiger partial charge in [-0.2, -0.15) is 0 Å². The quantitative estimate of drug-likeness (QED) is 0.890. The average molecular weight is 273 g/mol. The molecule has 5 heteroatoms. The van der Waals surface area contributed by atoms with Crippen LogP contribution in [-0.4, -0.2) is 35.1 Å². The Morgan fingerprint density at radius 1 is 1.50 bits per heavy atom. The molecule has 3 rings (SSSR count). The first kappa shape index (κ1) is 13.1. The van der Waals surface area contributed by atoms with Gasteiger partial charge in [-0.1, -0.05) is 19.1 Å². The van der Waals surface area contributed by atoms with Gasteiger partial charge in [0.05, 0.1) is 11.0 Å². The number of imidazole rings is 1. The van der Waals surface area contributed by atoms with E-state index in [1.54, 1.807) is 0 Å². The molecule has 2 heterocycles. The van der Waals surface area contributed by atoms with Crippen LogP contribution in [0.25, 0.3) is 11.0 Å². The van der Waals surface area contributed by atoms with Gasteiger partial charge in [-0.3, -0.25) is 4.79 Å². The molecule has 1 aliphatic rings. The average Bonchev–Trinajstić information content (AvgIpc) is 3.04. The maximum Gasteiger partial charge on any atom is 0.249 e.